The Morgan fingerprint density at radius 2 is 1.75 bits per heavy atom. The third kappa shape index (κ3) is 4.52. The number of hydrogen-bond acceptors (Lipinski definition) is 4. The minimum Gasteiger partial charge on any atom is -0.490 e. The molecule has 2 aliphatic heterocycles. The summed E-state index contributed by atoms with van der Waals surface area (Å²) in [4.78, 5) is 20.5. The lowest BCUT2D eigenvalue weighted by Crippen LogP contribution is -2.49. The highest BCUT2D eigenvalue weighted by Gasteiger charge is 2.43. The van der Waals surface area contributed by atoms with E-state index in [0.29, 0.717) is 23.8 Å². The van der Waals surface area contributed by atoms with E-state index in [4.69, 9.17) is 4.74 Å². The molecule has 0 radical (unpaired) electrons. The van der Waals surface area contributed by atoms with Crippen LogP contribution < -0.4 is 4.74 Å². The normalized spacial score (nSPS) is 23.8. The maximum atomic E-state index is 13.0. The van der Waals surface area contributed by atoms with E-state index >= 15 is 0 Å². The lowest BCUT2D eigenvalue weighted by atomic mass is 9.98. The highest BCUT2D eigenvalue weighted by Crippen LogP contribution is 2.37. The number of carbonyl (C=O) groups is 1. The van der Waals surface area contributed by atoms with Crippen LogP contribution in [0.15, 0.2) is 53.7 Å². The molecule has 4 nitrogen and oxygen atoms in total. The van der Waals surface area contributed by atoms with Crippen LogP contribution in [0.2, 0.25) is 0 Å². The van der Waals surface area contributed by atoms with Gasteiger partial charge < -0.3 is 9.64 Å². The Morgan fingerprint density at radius 3 is 2.36 bits per heavy atom. The summed E-state index contributed by atoms with van der Waals surface area (Å²) < 4.78 is 6.15. The van der Waals surface area contributed by atoms with Crippen molar-refractivity contribution in [2.75, 3.05) is 0 Å². The molecule has 2 unspecified atom stereocenters. The fourth-order valence-corrected chi connectivity index (χ4v) is 5.30. The highest BCUT2D eigenvalue weighted by atomic mass is 32.2. The largest absolute Gasteiger partial charge is 0.490 e. The molecule has 0 aliphatic carbocycles. The average Bonchev–Trinajstić information content (AvgIpc) is 2.95. The number of hydrogen-bond donors (Lipinski definition) is 0. The van der Waals surface area contributed by atoms with Gasteiger partial charge in [-0.3, -0.25) is 9.78 Å². The van der Waals surface area contributed by atoms with Gasteiger partial charge >= 0.3 is 0 Å². The molecular weight excluding hydrogens is 368 g/mol. The second-order valence-corrected chi connectivity index (χ2v) is 9.72. The summed E-state index contributed by atoms with van der Waals surface area (Å²) in [5.74, 6) is 1.14. The van der Waals surface area contributed by atoms with Crippen molar-refractivity contribution in [3.05, 3.63) is 54.4 Å². The van der Waals surface area contributed by atoms with Crippen LogP contribution in [0.1, 0.15) is 45.1 Å². The zero-order valence-electron chi connectivity index (χ0n) is 16.6. The SMILES string of the molecule is CC(C)Sc1ccc(CC(=O)N2C3CCC2CC(Oc2ccncc2)C3)cc1. The Morgan fingerprint density at radius 1 is 1.11 bits per heavy atom. The molecule has 2 aliphatic rings. The van der Waals surface area contributed by atoms with Crippen LogP contribution in [0.4, 0.5) is 0 Å². The molecule has 1 aromatic carbocycles. The quantitative estimate of drug-likeness (QED) is 0.662. The van der Waals surface area contributed by atoms with Crippen molar-refractivity contribution < 1.29 is 9.53 Å². The molecular formula is C23H28N2O2S. The van der Waals surface area contributed by atoms with Gasteiger partial charge in [-0.05, 0) is 42.7 Å². The van der Waals surface area contributed by atoms with Gasteiger partial charge in [0, 0.05) is 47.5 Å². The highest BCUT2D eigenvalue weighted by molar-refractivity contribution is 7.99. The fourth-order valence-electron chi connectivity index (χ4n) is 4.46. The van der Waals surface area contributed by atoms with Crippen LogP contribution >= 0.6 is 11.8 Å². The number of amides is 1. The van der Waals surface area contributed by atoms with Gasteiger partial charge in [0.1, 0.15) is 11.9 Å². The number of piperidine rings is 1. The predicted octanol–water partition coefficient (Wildman–Crippen LogP) is 4.73. The third-order valence-corrected chi connectivity index (χ3v) is 6.60. The maximum Gasteiger partial charge on any atom is 0.227 e. The van der Waals surface area contributed by atoms with Gasteiger partial charge in [-0.2, -0.15) is 0 Å². The van der Waals surface area contributed by atoms with E-state index in [1.165, 1.54) is 4.90 Å². The van der Waals surface area contributed by atoms with Crippen LogP contribution in [0.5, 0.6) is 5.75 Å². The summed E-state index contributed by atoms with van der Waals surface area (Å²) in [6, 6.07) is 12.9. The molecule has 0 spiro atoms. The molecule has 1 aromatic heterocycles. The van der Waals surface area contributed by atoms with E-state index in [2.05, 4.69) is 48.0 Å². The van der Waals surface area contributed by atoms with E-state index in [9.17, 15) is 4.79 Å². The zero-order chi connectivity index (χ0) is 19.5. The fraction of sp³-hybridized carbons (Fsp3) is 0.478. The second-order valence-electron chi connectivity index (χ2n) is 8.07. The first-order valence-corrected chi connectivity index (χ1v) is 11.1. The molecule has 2 fully saturated rings. The lowest BCUT2D eigenvalue weighted by Gasteiger charge is -2.39. The van der Waals surface area contributed by atoms with E-state index < -0.39 is 0 Å². The van der Waals surface area contributed by atoms with Crippen molar-refractivity contribution in [1.29, 1.82) is 0 Å². The summed E-state index contributed by atoms with van der Waals surface area (Å²) in [5, 5.41) is 0.568. The minimum atomic E-state index is 0.191. The Balaban J connectivity index is 1.35. The molecule has 148 valence electrons. The van der Waals surface area contributed by atoms with Crippen LogP contribution in [0.3, 0.4) is 0 Å². The van der Waals surface area contributed by atoms with E-state index in [1.807, 2.05) is 23.9 Å². The Hall–Kier alpha value is -2.01. The molecule has 4 rings (SSSR count). The van der Waals surface area contributed by atoms with Crippen LogP contribution in [-0.2, 0) is 11.2 Å². The number of thioether (sulfide) groups is 1. The number of nitrogens with zero attached hydrogens (tertiary/aromatic N) is 2. The number of benzene rings is 1. The van der Waals surface area contributed by atoms with Gasteiger partial charge in [0.15, 0.2) is 0 Å². The van der Waals surface area contributed by atoms with Crippen LogP contribution in [-0.4, -0.2) is 39.2 Å². The average molecular weight is 397 g/mol. The molecule has 28 heavy (non-hydrogen) atoms. The Kier molecular flexibility index (Phi) is 5.90. The van der Waals surface area contributed by atoms with Gasteiger partial charge in [-0.1, -0.05) is 26.0 Å². The van der Waals surface area contributed by atoms with Gasteiger partial charge in [-0.25, -0.2) is 0 Å². The summed E-state index contributed by atoms with van der Waals surface area (Å²) in [7, 11) is 0. The molecule has 2 bridgehead atoms. The van der Waals surface area contributed by atoms with E-state index in [-0.39, 0.29) is 12.0 Å². The third-order valence-electron chi connectivity index (χ3n) is 5.58. The van der Waals surface area contributed by atoms with E-state index in [1.54, 1.807) is 12.4 Å². The summed E-state index contributed by atoms with van der Waals surface area (Å²) in [6.07, 6.45) is 8.24. The number of ether oxygens (including phenoxy) is 1. The number of fused-ring (bicyclic) bond motifs is 2. The van der Waals surface area contributed by atoms with Crippen molar-refractivity contribution in [3.8, 4) is 5.75 Å². The van der Waals surface area contributed by atoms with Gasteiger partial charge in [0.2, 0.25) is 5.91 Å². The van der Waals surface area contributed by atoms with E-state index in [0.717, 1.165) is 37.0 Å². The molecule has 2 aromatic rings. The Labute approximate surface area is 171 Å². The first kappa shape index (κ1) is 19.3. The summed E-state index contributed by atoms with van der Waals surface area (Å²) in [6.45, 7) is 4.39. The molecule has 5 heteroatoms. The molecule has 1 amide bonds. The van der Waals surface area contributed by atoms with Crippen LogP contribution in [0, 0.1) is 0 Å². The van der Waals surface area contributed by atoms with Gasteiger partial charge in [0.25, 0.3) is 0 Å². The van der Waals surface area contributed by atoms with Crippen LogP contribution in [0.25, 0.3) is 0 Å². The first-order chi connectivity index (χ1) is 13.6. The number of carbonyl (C=O) groups excluding carboxylic acids is 1. The molecule has 2 saturated heterocycles. The van der Waals surface area contributed by atoms with Crippen molar-refractivity contribution in [2.45, 2.75) is 74.3 Å². The predicted molar refractivity (Wildman–Crippen MR) is 113 cm³/mol. The van der Waals surface area contributed by atoms with Crippen molar-refractivity contribution in [2.24, 2.45) is 0 Å². The molecule has 0 N–H and O–H groups in total. The van der Waals surface area contributed by atoms with Crippen molar-refractivity contribution >= 4 is 17.7 Å². The summed E-state index contributed by atoms with van der Waals surface area (Å²) >= 11 is 1.85. The van der Waals surface area contributed by atoms with Crippen molar-refractivity contribution in [3.63, 3.8) is 0 Å². The second kappa shape index (κ2) is 8.56. The van der Waals surface area contributed by atoms with Gasteiger partial charge in [0.05, 0.1) is 6.42 Å². The molecule has 3 heterocycles. The molecule has 2 atom stereocenters. The smallest absolute Gasteiger partial charge is 0.227 e. The van der Waals surface area contributed by atoms with Gasteiger partial charge in [-0.15, -0.1) is 11.8 Å². The number of rotatable bonds is 6. The monoisotopic (exact) mass is 396 g/mol. The van der Waals surface area contributed by atoms with Crippen molar-refractivity contribution in [1.82, 2.24) is 9.88 Å². The molecule has 0 saturated carbocycles. The number of pyridine rings is 1. The lowest BCUT2D eigenvalue weighted by molar-refractivity contribution is -0.136. The minimum absolute atomic E-state index is 0.191. The Bertz CT molecular complexity index is 780. The first-order valence-electron chi connectivity index (χ1n) is 10.2. The topological polar surface area (TPSA) is 42.4 Å². The zero-order valence-corrected chi connectivity index (χ0v) is 17.4. The standard InChI is InChI=1S/C23H28N2O2S/c1-16(2)28-22-7-3-17(4-8-22)13-23(26)25-18-5-6-19(25)15-21(14-18)27-20-9-11-24-12-10-20/h3-4,7-12,16,18-19,21H,5-6,13-15H2,1-2H3. The number of aromatic nitrogens is 1. The summed E-state index contributed by atoms with van der Waals surface area (Å²) in [5.41, 5.74) is 1.10. The maximum absolute atomic E-state index is 13.0.